The van der Waals surface area contributed by atoms with E-state index in [9.17, 15) is 14.7 Å². The molecule has 0 aromatic heterocycles. The summed E-state index contributed by atoms with van der Waals surface area (Å²) in [6.07, 6.45) is 0. The van der Waals surface area contributed by atoms with Crippen molar-refractivity contribution >= 4 is 17.6 Å². The van der Waals surface area contributed by atoms with Gasteiger partial charge in [0.25, 0.3) is 0 Å². The van der Waals surface area contributed by atoms with Crippen LogP contribution in [0.3, 0.4) is 0 Å². The van der Waals surface area contributed by atoms with Crippen molar-refractivity contribution in [2.45, 2.75) is 12.8 Å². The summed E-state index contributed by atoms with van der Waals surface area (Å²) in [5.74, 6) is -1.83. The predicted octanol–water partition coefficient (Wildman–Crippen LogP) is 3.15. The molecule has 0 aliphatic carbocycles. The Morgan fingerprint density at radius 1 is 0.920 bits per heavy atom. The molecule has 0 saturated heterocycles. The summed E-state index contributed by atoms with van der Waals surface area (Å²) in [7, 11) is 3.09. The zero-order valence-electron chi connectivity index (χ0n) is 14.4. The number of carboxylic acids is 1. The molecule has 0 heterocycles. The Bertz CT molecular complexity index is 724. The fourth-order valence-corrected chi connectivity index (χ4v) is 2.54. The molecule has 0 bridgehead atoms. The molecule has 6 nitrogen and oxygen atoms in total. The second kappa shape index (κ2) is 8.19. The molecule has 2 N–H and O–H groups in total. The lowest BCUT2D eigenvalue weighted by molar-refractivity contribution is -0.142. The van der Waals surface area contributed by atoms with E-state index in [2.05, 4.69) is 5.32 Å². The lowest BCUT2D eigenvalue weighted by Gasteiger charge is -2.20. The monoisotopic (exact) mass is 343 g/mol. The zero-order chi connectivity index (χ0) is 18.4. The minimum atomic E-state index is -1.05. The SMILES string of the molecule is COc1ccc(NC(=O)C(C)C(C(=O)O)c2ccc(OC)cc2)cc1. The van der Waals surface area contributed by atoms with Crippen molar-refractivity contribution in [1.82, 2.24) is 0 Å². The van der Waals surface area contributed by atoms with E-state index in [-0.39, 0.29) is 5.91 Å². The lowest BCUT2D eigenvalue weighted by atomic mass is 9.86. The van der Waals surface area contributed by atoms with Crippen LogP contribution in [-0.2, 0) is 9.59 Å². The van der Waals surface area contributed by atoms with Gasteiger partial charge in [0.1, 0.15) is 11.5 Å². The Labute approximate surface area is 146 Å². The third kappa shape index (κ3) is 4.50. The molecule has 2 aromatic carbocycles. The number of methoxy groups -OCH3 is 2. The van der Waals surface area contributed by atoms with Crippen LogP contribution in [0.15, 0.2) is 48.5 Å². The first-order chi connectivity index (χ1) is 12.0. The minimum Gasteiger partial charge on any atom is -0.497 e. The van der Waals surface area contributed by atoms with Crippen molar-refractivity contribution in [3.05, 3.63) is 54.1 Å². The van der Waals surface area contributed by atoms with E-state index in [0.29, 0.717) is 22.7 Å². The van der Waals surface area contributed by atoms with Gasteiger partial charge in [-0.3, -0.25) is 9.59 Å². The Kier molecular flexibility index (Phi) is 6.00. The van der Waals surface area contributed by atoms with Crippen LogP contribution in [0.2, 0.25) is 0 Å². The molecule has 1 amide bonds. The largest absolute Gasteiger partial charge is 0.497 e. The maximum atomic E-state index is 12.5. The number of ether oxygens (including phenoxy) is 2. The number of carbonyl (C=O) groups excluding carboxylic acids is 1. The van der Waals surface area contributed by atoms with Crippen molar-refractivity contribution in [1.29, 1.82) is 0 Å². The quantitative estimate of drug-likeness (QED) is 0.807. The molecular weight excluding hydrogens is 322 g/mol. The van der Waals surface area contributed by atoms with Crippen molar-refractivity contribution in [2.75, 3.05) is 19.5 Å². The van der Waals surface area contributed by atoms with Crippen LogP contribution >= 0.6 is 0 Å². The van der Waals surface area contributed by atoms with Gasteiger partial charge in [0.15, 0.2) is 0 Å². The Hall–Kier alpha value is -3.02. The number of nitrogens with one attached hydrogen (secondary N) is 1. The van der Waals surface area contributed by atoms with Gasteiger partial charge < -0.3 is 19.9 Å². The van der Waals surface area contributed by atoms with Crippen LogP contribution in [0.1, 0.15) is 18.4 Å². The molecule has 132 valence electrons. The summed E-state index contributed by atoms with van der Waals surface area (Å²) in [5.41, 5.74) is 1.13. The smallest absolute Gasteiger partial charge is 0.311 e. The van der Waals surface area contributed by atoms with Gasteiger partial charge in [0.05, 0.1) is 26.1 Å². The second-order valence-electron chi connectivity index (χ2n) is 5.60. The number of benzene rings is 2. The molecule has 2 atom stereocenters. The number of hydrogen-bond donors (Lipinski definition) is 2. The van der Waals surface area contributed by atoms with Gasteiger partial charge in [-0.25, -0.2) is 0 Å². The summed E-state index contributed by atoms with van der Waals surface area (Å²) < 4.78 is 10.1. The van der Waals surface area contributed by atoms with E-state index in [1.807, 2.05) is 0 Å². The third-order valence-corrected chi connectivity index (χ3v) is 4.01. The standard InChI is InChI=1S/C19H21NO5/c1-12(18(21)20-14-6-10-16(25-3)11-7-14)17(19(22)23)13-4-8-15(24-2)9-5-13/h4-12,17H,1-3H3,(H,20,21)(H,22,23). The summed E-state index contributed by atoms with van der Waals surface area (Å²) in [6, 6.07) is 13.5. The van der Waals surface area contributed by atoms with E-state index >= 15 is 0 Å². The molecule has 0 saturated carbocycles. The highest BCUT2D eigenvalue weighted by Gasteiger charge is 2.31. The number of aliphatic carboxylic acids is 1. The average molecular weight is 343 g/mol. The predicted molar refractivity (Wildman–Crippen MR) is 94.2 cm³/mol. The minimum absolute atomic E-state index is 0.367. The van der Waals surface area contributed by atoms with Gasteiger partial charge >= 0.3 is 5.97 Å². The topological polar surface area (TPSA) is 84.9 Å². The van der Waals surface area contributed by atoms with Gasteiger partial charge in [-0.05, 0) is 42.0 Å². The maximum Gasteiger partial charge on any atom is 0.311 e. The summed E-state index contributed by atoms with van der Waals surface area (Å²) >= 11 is 0. The van der Waals surface area contributed by atoms with Crippen LogP contribution in [0.25, 0.3) is 0 Å². The zero-order valence-corrected chi connectivity index (χ0v) is 14.4. The van der Waals surface area contributed by atoms with E-state index in [1.54, 1.807) is 62.6 Å². The second-order valence-corrected chi connectivity index (χ2v) is 5.60. The molecule has 25 heavy (non-hydrogen) atoms. The number of hydrogen-bond acceptors (Lipinski definition) is 4. The Morgan fingerprint density at radius 3 is 1.84 bits per heavy atom. The lowest BCUT2D eigenvalue weighted by Crippen LogP contribution is -2.30. The van der Waals surface area contributed by atoms with Gasteiger partial charge in [-0.1, -0.05) is 19.1 Å². The summed E-state index contributed by atoms with van der Waals surface area (Å²) in [4.78, 5) is 24.2. The Balaban J connectivity index is 2.15. The molecule has 2 unspecified atom stereocenters. The van der Waals surface area contributed by atoms with Crippen molar-refractivity contribution < 1.29 is 24.2 Å². The molecule has 0 spiro atoms. The molecule has 0 fully saturated rings. The van der Waals surface area contributed by atoms with Crippen LogP contribution < -0.4 is 14.8 Å². The van der Waals surface area contributed by atoms with Gasteiger partial charge in [-0.2, -0.15) is 0 Å². The van der Waals surface area contributed by atoms with Crippen molar-refractivity contribution in [3.63, 3.8) is 0 Å². The highest BCUT2D eigenvalue weighted by Crippen LogP contribution is 2.28. The highest BCUT2D eigenvalue weighted by atomic mass is 16.5. The number of amides is 1. The number of carboxylic acid groups (broad SMARTS) is 1. The first-order valence-electron chi connectivity index (χ1n) is 7.78. The Morgan fingerprint density at radius 2 is 1.40 bits per heavy atom. The molecule has 6 heteroatoms. The highest BCUT2D eigenvalue weighted by molar-refractivity contribution is 5.96. The fraction of sp³-hybridized carbons (Fsp3) is 0.263. The maximum absolute atomic E-state index is 12.5. The van der Waals surface area contributed by atoms with Crippen LogP contribution in [-0.4, -0.2) is 31.2 Å². The summed E-state index contributed by atoms with van der Waals surface area (Å²) in [5, 5.41) is 12.3. The van der Waals surface area contributed by atoms with Crippen LogP contribution in [0.5, 0.6) is 11.5 Å². The molecular formula is C19H21NO5. The van der Waals surface area contributed by atoms with Crippen LogP contribution in [0.4, 0.5) is 5.69 Å². The third-order valence-electron chi connectivity index (χ3n) is 4.01. The van der Waals surface area contributed by atoms with Crippen LogP contribution in [0, 0.1) is 5.92 Å². The number of anilines is 1. The first-order valence-corrected chi connectivity index (χ1v) is 7.78. The van der Waals surface area contributed by atoms with Gasteiger partial charge in [-0.15, -0.1) is 0 Å². The van der Waals surface area contributed by atoms with Crippen molar-refractivity contribution in [3.8, 4) is 11.5 Å². The summed E-state index contributed by atoms with van der Waals surface area (Å²) in [6.45, 7) is 1.60. The van der Waals surface area contributed by atoms with Crippen molar-refractivity contribution in [2.24, 2.45) is 5.92 Å². The number of rotatable bonds is 7. The van der Waals surface area contributed by atoms with Gasteiger partial charge in [0, 0.05) is 5.69 Å². The van der Waals surface area contributed by atoms with E-state index in [1.165, 1.54) is 7.11 Å². The fourth-order valence-electron chi connectivity index (χ4n) is 2.54. The van der Waals surface area contributed by atoms with Gasteiger partial charge in [0.2, 0.25) is 5.91 Å². The molecule has 0 aliphatic rings. The first kappa shape index (κ1) is 18.3. The normalized spacial score (nSPS) is 12.8. The van der Waals surface area contributed by atoms with E-state index in [4.69, 9.17) is 9.47 Å². The number of carbonyl (C=O) groups is 2. The molecule has 0 aliphatic heterocycles. The van der Waals surface area contributed by atoms with E-state index < -0.39 is 17.8 Å². The van der Waals surface area contributed by atoms with E-state index in [0.717, 1.165) is 0 Å². The molecule has 2 aromatic rings. The molecule has 0 radical (unpaired) electrons. The molecule has 2 rings (SSSR count). The average Bonchev–Trinajstić information content (AvgIpc) is 2.62.